The van der Waals surface area contributed by atoms with E-state index in [0.29, 0.717) is 0 Å². The third-order valence-corrected chi connectivity index (χ3v) is 3.36. The highest BCUT2D eigenvalue weighted by Gasteiger charge is 2.15. The normalized spacial score (nSPS) is 11.8. The first-order valence-electron chi connectivity index (χ1n) is 6.35. The Bertz CT molecular complexity index is 735. The molecule has 18 heavy (non-hydrogen) atoms. The number of fused-ring (bicyclic) bond motifs is 3. The molecule has 5 nitrogen and oxygen atoms in total. The van der Waals surface area contributed by atoms with Gasteiger partial charge in [-0.2, -0.15) is 5.10 Å². The molecule has 0 amide bonds. The van der Waals surface area contributed by atoms with E-state index >= 15 is 0 Å². The van der Waals surface area contributed by atoms with Crippen molar-refractivity contribution in [2.24, 2.45) is 7.05 Å². The number of hydrogen-bond donors (Lipinski definition) is 0. The van der Waals surface area contributed by atoms with Gasteiger partial charge in [0.25, 0.3) is 0 Å². The topological polar surface area (TPSA) is 48.0 Å². The largest absolute Gasteiger partial charge is 0.286 e. The molecule has 0 bridgehead atoms. The van der Waals surface area contributed by atoms with E-state index in [0.717, 1.165) is 46.7 Å². The van der Waals surface area contributed by atoms with Gasteiger partial charge in [0, 0.05) is 19.7 Å². The van der Waals surface area contributed by atoms with Crippen LogP contribution >= 0.6 is 0 Å². The molecule has 0 fully saturated rings. The van der Waals surface area contributed by atoms with Crippen LogP contribution in [0.15, 0.2) is 6.20 Å². The number of rotatable bonds is 2. The van der Waals surface area contributed by atoms with Crippen molar-refractivity contribution in [3.05, 3.63) is 23.4 Å². The van der Waals surface area contributed by atoms with Crippen LogP contribution in [0.4, 0.5) is 0 Å². The van der Waals surface area contributed by atoms with Gasteiger partial charge in [-0.25, -0.2) is 9.97 Å². The summed E-state index contributed by atoms with van der Waals surface area (Å²) in [4.78, 5) is 9.43. The van der Waals surface area contributed by atoms with Gasteiger partial charge in [0.2, 0.25) is 0 Å². The molecule has 0 saturated heterocycles. The van der Waals surface area contributed by atoms with Crippen molar-refractivity contribution >= 4 is 16.7 Å². The lowest BCUT2D eigenvalue weighted by atomic mass is 10.3. The molecule has 0 spiro atoms. The van der Waals surface area contributed by atoms with E-state index in [4.69, 9.17) is 9.97 Å². The van der Waals surface area contributed by atoms with Gasteiger partial charge in [0.1, 0.15) is 16.9 Å². The SMILES string of the molecule is CCc1cn2c(CC)nc3c(C)nn(C)c3c2n1. The van der Waals surface area contributed by atoms with Gasteiger partial charge in [-0.1, -0.05) is 13.8 Å². The molecule has 94 valence electrons. The number of nitrogens with zero attached hydrogens (tertiary/aromatic N) is 5. The van der Waals surface area contributed by atoms with Crippen molar-refractivity contribution in [2.45, 2.75) is 33.6 Å². The van der Waals surface area contributed by atoms with Gasteiger partial charge < -0.3 is 0 Å². The van der Waals surface area contributed by atoms with E-state index in [2.05, 4.69) is 29.5 Å². The highest BCUT2D eigenvalue weighted by molar-refractivity contribution is 5.89. The zero-order valence-corrected chi connectivity index (χ0v) is 11.2. The van der Waals surface area contributed by atoms with E-state index in [-0.39, 0.29) is 0 Å². The Morgan fingerprint density at radius 3 is 2.61 bits per heavy atom. The zero-order chi connectivity index (χ0) is 12.9. The third-order valence-electron chi connectivity index (χ3n) is 3.36. The fraction of sp³-hybridized carbons (Fsp3) is 0.462. The summed E-state index contributed by atoms with van der Waals surface area (Å²) in [7, 11) is 1.95. The Balaban J connectivity index is 2.54. The summed E-state index contributed by atoms with van der Waals surface area (Å²) in [6.07, 6.45) is 3.91. The van der Waals surface area contributed by atoms with Gasteiger partial charge in [0.05, 0.1) is 11.4 Å². The highest BCUT2D eigenvalue weighted by Crippen LogP contribution is 2.22. The van der Waals surface area contributed by atoms with E-state index in [1.807, 2.05) is 18.7 Å². The second kappa shape index (κ2) is 3.80. The van der Waals surface area contributed by atoms with Gasteiger partial charge in [0.15, 0.2) is 5.65 Å². The van der Waals surface area contributed by atoms with Crippen molar-refractivity contribution in [2.75, 3.05) is 0 Å². The Morgan fingerprint density at radius 2 is 1.94 bits per heavy atom. The molecule has 0 radical (unpaired) electrons. The smallest absolute Gasteiger partial charge is 0.166 e. The molecule has 0 unspecified atom stereocenters. The first-order chi connectivity index (χ1) is 8.65. The minimum atomic E-state index is 0.889. The zero-order valence-electron chi connectivity index (χ0n) is 11.2. The summed E-state index contributed by atoms with van der Waals surface area (Å²) in [5.74, 6) is 1.04. The molecule has 3 aromatic rings. The van der Waals surface area contributed by atoms with Gasteiger partial charge in [-0.3, -0.25) is 9.08 Å². The summed E-state index contributed by atoms with van der Waals surface area (Å²) in [6, 6.07) is 0. The first kappa shape index (κ1) is 11.2. The lowest BCUT2D eigenvalue weighted by Crippen LogP contribution is -2.01. The molecular weight excluding hydrogens is 226 g/mol. The summed E-state index contributed by atoms with van der Waals surface area (Å²) in [5, 5.41) is 4.45. The van der Waals surface area contributed by atoms with Crippen LogP contribution in [0.1, 0.15) is 31.1 Å². The molecule has 0 aliphatic heterocycles. The van der Waals surface area contributed by atoms with Crippen LogP contribution in [0.5, 0.6) is 0 Å². The lowest BCUT2D eigenvalue weighted by Gasteiger charge is -2.03. The van der Waals surface area contributed by atoms with Gasteiger partial charge in [-0.15, -0.1) is 0 Å². The first-order valence-corrected chi connectivity index (χ1v) is 6.35. The van der Waals surface area contributed by atoms with Crippen molar-refractivity contribution in [3.8, 4) is 0 Å². The molecule has 3 heterocycles. The quantitative estimate of drug-likeness (QED) is 0.692. The molecule has 3 aromatic heterocycles. The van der Waals surface area contributed by atoms with E-state index in [1.54, 1.807) is 0 Å². The van der Waals surface area contributed by atoms with Crippen molar-refractivity contribution in [3.63, 3.8) is 0 Å². The van der Waals surface area contributed by atoms with E-state index in [1.165, 1.54) is 0 Å². The molecule has 0 aromatic carbocycles. The van der Waals surface area contributed by atoms with E-state index in [9.17, 15) is 0 Å². The Morgan fingerprint density at radius 1 is 1.17 bits per heavy atom. The standard InChI is InChI=1S/C13H17N5/c1-5-9-7-18-10(6-2)15-11-8(3)16-17(4)12(11)13(18)14-9/h7H,5-6H2,1-4H3. The van der Waals surface area contributed by atoms with Crippen LogP contribution in [0.3, 0.4) is 0 Å². The van der Waals surface area contributed by atoms with Crippen molar-refractivity contribution < 1.29 is 0 Å². The molecule has 3 rings (SSSR count). The van der Waals surface area contributed by atoms with Crippen LogP contribution in [-0.2, 0) is 19.9 Å². The maximum Gasteiger partial charge on any atom is 0.166 e. The fourth-order valence-corrected chi connectivity index (χ4v) is 2.43. The lowest BCUT2D eigenvalue weighted by molar-refractivity contribution is 0.782. The number of aryl methyl sites for hydroxylation is 4. The maximum absolute atomic E-state index is 4.73. The van der Waals surface area contributed by atoms with E-state index < -0.39 is 0 Å². The average molecular weight is 243 g/mol. The molecular formula is C13H17N5. The fourth-order valence-electron chi connectivity index (χ4n) is 2.43. The summed E-state index contributed by atoms with van der Waals surface area (Å²) >= 11 is 0. The summed E-state index contributed by atoms with van der Waals surface area (Å²) < 4.78 is 3.97. The highest BCUT2D eigenvalue weighted by atomic mass is 15.3. The Hall–Kier alpha value is -1.91. The molecule has 0 saturated carbocycles. The van der Waals surface area contributed by atoms with Crippen LogP contribution in [0, 0.1) is 6.92 Å². The monoisotopic (exact) mass is 243 g/mol. The summed E-state index contributed by atoms with van der Waals surface area (Å²) in [5.41, 5.74) is 5.01. The van der Waals surface area contributed by atoms with Crippen LogP contribution in [-0.4, -0.2) is 24.1 Å². The van der Waals surface area contributed by atoms with Gasteiger partial charge in [-0.05, 0) is 13.3 Å². The van der Waals surface area contributed by atoms with Crippen molar-refractivity contribution in [1.82, 2.24) is 24.1 Å². The predicted molar refractivity (Wildman–Crippen MR) is 70.8 cm³/mol. The van der Waals surface area contributed by atoms with Gasteiger partial charge >= 0.3 is 0 Å². The minimum Gasteiger partial charge on any atom is -0.286 e. The molecule has 5 heteroatoms. The third kappa shape index (κ3) is 1.36. The summed E-state index contributed by atoms with van der Waals surface area (Å²) in [6.45, 7) is 6.23. The molecule has 0 atom stereocenters. The second-order valence-corrected chi connectivity index (χ2v) is 4.57. The Kier molecular flexibility index (Phi) is 2.36. The van der Waals surface area contributed by atoms with Crippen LogP contribution < -0.4 is 0 Å². The number of hydrogen-bond acceptors (Lipinski definition) is 3. The van der Waals surface area contributed by atoms with Crippen LogP contribution in [0.25, 0.3) is 16.7 Å². The minimum absolute atomic E-state index is 0.889. The number of aromatic nitrogens is 5. The second-order valence-electron chi connectivity index (χ2n) is 4.57. The molecule has 0 N–H and O–H groups in total. The Labute approximate surface area is 105 Å². The number of imidazole rings is 1. The molecule has 0 aliphatic rings. The molecule has 0 aliphatic carbocycles. The average Bonchev–Trinajstić information content (AvgIpc) is 2.90. The van der Waals surface area contributed by atoms with Crippen molar-refractivity contribution in [1.29, 1.82) is 0 Å². The predicted octanol–water partition coefficient (Wildman–Crippen LogP) is 2.05. The van der Waals surface area contributed by atoms with Crippen LogP contribution in [0.2, 0.25) is 0 Å². The maximum atomic E-state index is 4.73.